The lowest BCUT2D eigenvalue weighted by Crippen LogP contribution is -2.04. The smallest absolute Gasteiger partial charge is 0.360 e. The Labute approximate surface area is 92.5 Å². The highest BCUT2D eigenvalue weighted by molar-refractivity contribution is 5.98. The Bertz CT molecular complexity index is 563. The number of hydrogen-bond donors (Lipinski definition) is 1. The summed E-state index contributed by atoms with van der Waals surface area (Å²) in [5, 5.41) is 11.3. The van der Waals surface area contributed by atoms with Crippen molar-refractivity contribution in [1.29, 1.82) is 0 Å². The molecule has 0 saturated carbocycles. The molecular weight excluding hydrogens is 206 g/mol. The summed E-state index contributed by atoms with van der Waals surface area (Å²) in [5.74, 6) is -0.774. The van der Waals surface area contributed by atoms with Gasteiger partial charge in [0.05, 0.1) is 7.11 Å². The molecule has 0 aliphatic heterocycles. The SMILES string of the molecule is COC(=O)c1ncc2cc(C)ccc2c1O. The summed E-state index contributed by atoms with van der Waals surface area (Å²) in [6.07, 6.45) is 1.55. The number of benzene rings is 1. The minimum absolute atomic E-state index is 0.0566. The monoisotopic (exact) mass is 217 g/mol. The number of aromatic hydroxyl groups is 1. The van der Waals surface area contributed by atoms with E-state index in [0.717, 1.165) is 10.9 Å². The zero-order valence-electron chi connectivity index (χ0n) is 9.02. The third kappa shape index (κ3) is 1.58. The van der Waals surface area contributed by atoms with Gasteiger partial charge >= 0.3 is 5.97 Å². The summed E-state index contributed by atoms with van der Waals surface area (Å²) in [5.41, 5.74) is 1.01. The molecule has 0 saturated heterocycles. The van der Waals surface area contributed by atoms with Gasteiger partial charge in [-0.2, -0.15) is 0 Å². The zero-order chi connectivity index (χ0) is 11.7. The summed E-state index contributed by atoms with van der Waals surface area (Å²) in [4.78, 5) is 15.2. The number of pyridine rings is 1. The molecule has 0 bridgehead atoms. The van der Waals surface area contributed by atoms with Crippen molar-refractivity contribution >= 4 is 16.7 Å². The third-order valence-electron chi connectivity index (χ3n) is 2.40. The number of methoxy groups -OCH3 is 1. The topological polar surface area (TPSA) is 59.4 Å². The quantitative estimate of drug-likeness (QED) is 0.742. The van der Waals surface area contributed by atoms with Crippen molar-refractivity contribution in [2.24, 2.45) is 0 Å². The fraction of sp³-hybridized carbons (Fsp3) is 0.167. The Kier molecular flexibility index (Phi) is 2.48. The van der Waals surface area contributed by atoms with Gasteiger partial charge in [-0.15, -0.1) is 0 Å². The van der Waals surface area contributed by atoms with Crippen LogP contribution >= 0.6 is 0 Å². The lowest BCUT2D eigenvalue weighted by molar-refractivity contribution is 0.0591. The highest BCUT2D eigenvalue weighted by Gasteiger charge is 2.15. The first-order valence-electron chi connectivity index (χ1n) is 4.80. The van der Waals surface area contributed by atoms with Gasteiger partial charge < -0.3 is 9.84 Å². The Balaban J connectivity index is 2.70. The van der Waals surface area contributed by atoms with Crippen LogP contribution in [0.2, 0.25) is 0 Å². The Morgan fingerprint density at radius 1 is 1.44 bits per heavy atom. The van der Waals surface area contributed by atoms with Crippen LogP contribution in [0.5, 0.6) is 5.75 Å². The highest BCUT2D eigenvalue weighted by atomic mass is 16.5. The minimum atomic E-state index is -0.639. The molecule has 0 fully saturated rings. The van der Waals surface area contributed by atoms with Gasteiger partial charge in [0, 0.05) is 17.0 Å². The Hall–Kier alpha value is -2.10. The summed E-state index contributed by atoms with van der Waals surface area (Å²) in [6.45, 7) is 1.95. The standard InChI is InChI=1S/C12H11NO3/c1-7-3-4-9-8(5-7)6-13-10(11(9)14)12(15)16-2/h3-6,14H,1-2H3. The lowest BCUT2D eigenvalue weighted by Gasteiger charge is -2.05. The first-order chi connectivity index (χ1) is 7.63. The van der Waals surface area contributed by atoms with Crippen LogP contribution in [0.3, 0.4) is 0 Å². The Morgan fingerprint density at radius 2 is 2.19 bits per heavy atom. The molecule has 0 amide bonds. The van der Waals surface area contributed by atoms with Gasteiger partial charge in [0.1, 0.15) is 0 Å². The van der Waals surface area contributed by atoms with Crippen LogP contribution in [0.25, 0.3) is 10.8 Å². The van der Waals surface area contributed by atoms with E-state index in [2.05, 4.69) is 9.72 Å². The number of esters is 1. The number of fused-ring (bicyclic) bond motifs is 1. The van der Waals surface area contributed by atoms with Crippen LogP contribution in [-0.4, -0.2) is 23.2 Å². The van der Waals surface area contributed by atoms with Crippen LogP contribution in [0.15, 0.2) is 24.4 Å². The largest absolute Gasteiger partial charge is 0.505 e. The van der Waals surface area contributed by atoms with E-state index in [0.29, 0.717) is 5.39 Å². The fourth-order valence-electron chi connectivity index (χ4n) is 1.57. The molecule has 0 unspecified atom stereocenters. The van der Waals surface area contributed by atoms with Crippen molar-refractivity contribution < 1.29 is 14.6 Å². The van der Waals surface area contributed by atoms with E-state index in [1.807, 2.05) is 19.1 Å². The highest BCUT2D eigenvalue weighted by Crippen LogP contribution is 2.27. The average Bonchev–Trinajstić information content (AvgIpc) is 2.28. The van der Waals surface area contributed by atoms with Crippen molar-refractivity contribution in [1.82, 2.24) is 4.98 Å². The van der Waals surface area contributed by atoms with Gasteiger partial charge in [0.25, 0.3) is 0 Å². The van der Waals surface area contributed by atoms with E-state index in [1.54, 1.807) is 12.3 Å². The molecule has 4 heteroatoms. The fourth-order valence-corrected chi connectivity index (χ4v) is 1.57. The molecule has 0 atom stereocenters. The molecule has 1 aromatic heterocycles. The number of carbonyl (C=O) groups is 1. The Morgan fingerprint density at radius 3 is 2.88 bits per heavy atom. The van der Waals surface area contributed by atoms with E-state index in [-0.39, 0.29) is 11.4 Å². The average molecular weight is 217 g/mol. The van der Waals surface area contributed by atoms with Crippen molar-refractivity contribution in [3.63, 3.8) is 0 Å². The van der Waals surface area contributed by atoms with Crippen LogP contribution in [0.4, 0.5) is 0 Å². The summed E-state index contributed by atoms with van der Waals surface area (Å²) in [6, 6.07) is 5.51. The number of rotatable bonds is 1. The van der Waals surface area contributed by atoms with Gasteiger partial charge in [-0.25, -0.2) is 9.78 Å². The van der Waals surface area contributed by atoms with Crippen molar-refractivity contribution in [3.8, 4) is 5.75 Å². The molecule has 1 N–H and O–H groups in total. The normalized spacial score (nSPS) is 10.4. The molecular formula is C12H11NO3. The molecule has 0 radical (unpaired) electrons. The summed E-state index contributed by atoms with van der Waals surface area (Å²) >= 11 is 0. The molecule has 0 aliphatic rings. The van der Waals surface area contributed by atoms with Crippen LogP contribution < -0.4 is 0 Å². The van der Waals surface area contributed by atoms with E-state index >= 15 is 0 Å². The zero-order valence-corrected chi connectivity index (χ0v) is 9.02. The predicted octanol–water partition coefficient (Wildman–Crippen LogP) is 2.04. The number of hydrogen-bond acceptors (Lipinski definition) is 4. The number of aromatic nitrogens is 1. The molecule has 1 aromatic carbocycles. The van der Waals surface area contributed by atoms with Crippen molar-refractivity contribution in [3.05, 3.63) is 35.7 Å². The van der Waals surface area contributed by atoms with Gasteiger partial charge in [-0.1, -0.05) is 17.7 Å². The number of nitrogens with zero attached hydrogens (tertiary/aromatic N) is 1. The first-order valence-corrected chi connectivity index (χ1v) is 4.80. The summed E-state index contributed by atoms with van der Waals surface area (Å²) < 4.78 is 4.53. The molecule has 0 spiro atoms. The molecule has 4 nitrogen and oxygen atoms in total. The number of carbonyl (C=O) groups excluding carboxylic acids is 1. The first kappa shape index (κ1) is 10.4. The van der Waals surface area contributed by atoms with Crippen LogP contribution in [-0.2, 0) is 4.74 Å². The minimum Gasteiger partial charge on any atom is -0.505 e. The van der Waals surface area contributed by atoms with Gasteiger partial charge in [-0.05, 0) is 13.0 Å². The lowest BCUT2D eigenvalue weighted by atomic mass is 10.1. The van der Waals surface area contributed by atoms with Crippen molar-refractivity contribution in [2.75, 3.05) is 7.11 Å². The van der Waals surface area contributed by atoms with Gasteiger partial charge in [0.2, 0.25) is 0 Å². The second kappa shape index (κ2) is 3.81. The van der Waals surface area contributed by atoms with Crippen LogP contribution in [0.1, 0.15) is 16.1 Å². The maximum Gasteiger partial charge on any atom is 0.360 e. The third-order valence-corrected chi connectivity index (χ3v) is 2.40. The molecule has 2 rings (SSSR count). The van der Waals surface area contributed by atoms with Crippen LogP contribution in [0, 0.1) is 6.92 Å². The molecule has 1 heterocycles. The van der Waals surface area contributed by atoms with E-state index < -0.39 is 5.97 Å². The molecule has 2 aromatic rings. The molecule has 82 valence electrons. The van der Waals surface area contributed by atoms with E-state index in [4.69, 9.17) is 0 Å². The van der Waals surface area contributed by atoms with Gasteiger partial charge in [0.15, 0.2) is 11.4 Å². The number of aryl methyl sites for hydroxylation is 1. The maximum atomic E-state index is 11.3. The second-order valence-corrected chi connectivity index (χ2v) is 3.54. The van der Waals surface area contributed by atoms with Gasteiger partial charge in [-0.3, -0.25) is 0 Å². The predicted molar refractivity (Wildman–Crippen MR) is 59.5 cm³/mol. The van der Waals surface area contributed by atoms with E-state index in [9.17, 15) is 9.90 Å². The van der Waals surface area contributed by atoms with E-state index in [1.165, 1.54) is 7.11 Å². The van der Waals surface area contributed by atoms with Crippen molar-refractivity contribution in [2.45, 2.75) is 6.92 Å². The molecule has 0 aliphatic carbocycles. The summed E-state index contributed by atoms with van der Waals surface area (Å²) in [7, 11) is 1.25. The second-order valence-electron chi connectivity index (χ2n) is 3.54. The number of ether oxygens (including phenoxy) is 1. The molecule has 16 heavy (non-hydrogen) atoms. The maximum absolute atomic E-state index is 11.3.